The molecule has 2 nitrogen and oxygen atoms in total. The number of hydrogen-bond donors (Lipinski definition) is 0. The molecule has 0 radical (unpaired) electrons. The van der Waals surface area contributed by atoms with Gasteiger partial charge in [-0.15, -0.1) is 0 Å². The first-order chi connectivity index (χ1) is 8.13. The lowest BCUT2D eigenvalue weighted by atomic mass is 10.1. The molecule has 0 spiro atoms. The average Bonchev–Trinajstić information content (AvgIpc) is 2.39. The van der Waals surface area contributed by atoms with Crippen molar-refractivity contribution in [3.63, 3.8) is 0 Å². The lowest BCUT2D eigenvalue weighted by Gasteiger charge is -2.23. The van der Waals surface area contributed by atoms with Crippen LogP contribution in [0.1, 0.15) is 18.1 Å². The summed E-state index contributed by atoms with van der Waals surface area (Å²) in [7, 11) is -0.149. The first kappa shape index (κ1) is 14.2. The Labute approximate surface area is 106 Å². The van der Waals surface area contributed by atoms with E-state index in [1.165, 1.54) is 5.56 Å². The number of hydrogen-bond acceptors (Lipinski definition) is 2. The molecule has 0 aliphatic rings. The van der Waals surface area contributed by atoms with E-state index in [2.05, 4.69) is 44.3 Å². The largest absolute Gasteiger partial charge is 0.398 e. The van der Waals surface area contributed by atoms with Crippen LogP contribution in [0, 0.1) is 0 Å². The summed E-state index contributed by atoms with van der Waals surface area (Å²) in [5.74, 6) is 0. The van der Waals surface area contributed by atoms with E-state index in [4.69, 9.17) is 8.85 Å². The first-order valence-electron chi connectivity index (χ1n) is 6.04. The van der Waals surface area contributed by atoms with Gasteiger partial charge in [-0.2, -0.15) is 0 Å². The zero-order valence-electron chi connectivity index (χ0n) is 11.0. The van der Waals surface area contributed by atoms with Crippen molar-refractivity contribution in [2.75, 3.05) is 13.7 Å². The normalized spacial score (nSPS) is 14.3. The summed E-state index contributed by atoms with van der Waals surface area (Å²) < 4.78 is 11.4. The molecule has 0 aromatic heterocycles. The van der Waals surface area contributed by atoms with Crippen LogP contribution in [0.25, 0.3) is 6.08 Å². The minimum Gasteiger partial charge on any atom is -0.398 e. The van der Waals surface area contributed by atoms with E-state index in [1.54, 1.807) is 7.11 Å². The molecule has 3 heteroatoms. The van der Waals surface area contributed by atoms with Gasteiger partial charge in [-0.1, -0.05) is 43.8 Å². The van der Waals surface area contributed by atoms with Gasteiger partial charge in [0.05, 0.1) is 0 Å². The molecule has 94 valence electrons. The van der Waals surface area contributed by atoms with Gasteiger partial charge >= 0.3 is 8.56 Å². The van der Waals surface area contributed by atoms with E-state index in [0.717, 1.165) is 24.6 Å². The molecule has 0 fully saturated rings. The van der Waals surface area contributed by atoms with Gasteiger partial charge in [0.15, 0.2) is 0 Å². The smallest absolute Gasteiger partial charge is 0.334 e. The molecular formula is C14H22O2Si. The van der Waals surface area contributed by atoms with E-state index in [0.29, 0.717) is 0 Å². The van der Waals surface area contributed by atoms with Crippen LogP contribution in [0.5, 0.6) is 0 Å². The second kappa shape index (κ2) is 6.74. The summed E-state index contributed by atoms with van der Waals surface area (Å²) in [5.41, 5.74) is 2.44. The predicted octanol–water partition coefficient (Wildman–Crippen LogP) is 3.63. The summed E-state index contributed by atoms with van der Waals surface area (Å²) in [4.78, 5) is 0. The van der Waals surface area contributed by atoms with Gasteiger partial charge in [0.1, 0.15) is 0 Å². The lowest BCUT2D eigenvalue weighted by Crippen LogP contribution is -2.37. The fourth-order valence-electron chi connectivity index (χ4n) is 1.57. The Hall–Kier alpha value is -0.903. The van der Waals surface area contributed by atoms with Crippen LogP contribution >= 0.6 is 0 Å². The molecular weight excluding hydrogens is 228 g/mol. The van der Waals surface area contributed by atoms with E-state index >= 15 is 0 Å². The standard InChI is InChI=1S/C14H22O2Si/c1-5-13-8-7-9-14(12-13)10-11-16-17(4,6-2)15-3/h5,7-9,12H,1,6,10-11H2,2-4H3. The Bertz CT molecular complexity index is 359. The zero-order valence-corrected chi connectivity index (χ0v) is 12.0. The first-order valence-corrected chi connectivity index (χ1v) is 8.56. The average molecular weight is 250 g/mol. The highest BCUT2D eigenvalue weighted by molar-refractivity contribution is 6.65. The summed E-state index contributed by atoms with van der Waals surface area (Å²) >= 11 is 0. The molecule has 0 saturated carbocycles. The molecule has 17 heavy (non-hydrogen) atoms. The van der Waals surface area contributed by atoms with Gasteiger partial charge in [-0.3, -0.25) is 0 Å². The maximum Gasteiger partial charge on any atom is 0.334 e. The van der Waals surface area contributed by atoms with E-state index < -0.39 is 8.56 Å². The molecule has 1 unspecified atom stereocenters. The van der Waals surface area contributed by atoms with E-state index in [9.17, 15) is 0 Å². The molecule has 0 saturated heterocycles. The third kappa shape index (κ3) is 4.46. The summed E-state index contributed by atoms with van der Waals surface area (Å²) in [6.45, 7) is 8.72. The molecule has 1 aromatic carbocycles. The fourth-order valence-corrected chi connectivity index (χ4v) is 2.71. The van der Waals surface area contributed by atoms with Crippen molar-refractivity contribution in [2.24, 2.45) is 0 Å². The van der Waals surface area contributed by atoms with Crippen LogP contribution in [-0.2, 0) is 15.3 Å². The van der Waals surface area contributed by atoms with Crippen LogP contribution in [0.2, 0.25) is 12.6 Å². The highest BCUT2D eigenvalue weighted by Crippen LogP contribution is 2.13. The maximum absolute atomic E-state index is 5.90. The van der Waals surface area contributed by atoms with Gasteiger partial charge in [-0.25, -0.2) is 0 Å². The van der Waals surface area contributed by atoms with Crippen LogP contribution in [-0.4, -0.2) is 22.3 Å². The van der Waals surface area contributed by atoms with Crippen molar-refractivity contribution in [2.45, 2.75) is 25.9 Å². The van der Waals surface area contributed by atoms with E-state index in [1.807, 2.05) is 6.08 Å². The quantitative estimate of drug-likeness (QED) is 0.688. The second-order valence-corrected chi connectivity index (χ2v) is 7.91. The Kier molecular flexibility index (Phi) is 5.61. The monoisotopic (exact) mass is 250 g/mol. The number of rotatable bonds is 7. The third-order valence-corrected chi connectivity index (χ3v) is 6.02. The maximum atomic E-state index is 5.90. The molecule has 1 atom stereocenters. The van der Waals surface area contributed by atoms with Gasteiger partial charge in [0, 0.05) is 13.7 Å². The van der Waals surface area contributed by atoms with Crippen LogP contribution in [0.15, 0.2) is 30.8 Å². The van der Waals surface area contributed by atoms with Crippen LogP contribution in [0.3, 0.4) is 0 Å². The van der Waals surface area contributed by atoms with Crippen molar-refractivity contribution < 1.29 is 8.85 Å². The Balaban J connectivity index is 2.47. The summed E-state index contributed by atoms with van der Waals surface area (Å²) in [5, 5.41) is 0. The van der Waals surface area contributed by atoms with Gasteiger partial charge in [0.2, 0.25) is 0 Å². The Morgan fingerprint density at radius 1 is 1.41 bits per heavy atom. The summed E-state index contributed by atoms with van der Waals surface area (Å²) in [6.07, 6.45) is 2.79. The van der Waals surface area contributed by atoms with Crippen LogP contribution < -0.4 is 0 Å². The molecule has 1 rings (SSSR count). The molecule has 1 aromatic rings. The molecule has 0 N–H and O–H groups in total. The van der Waals surface area contributed by atoms with Crippen molar-refractivity contribution >= 4 is 14.6 Å². The Morgan fingerprint density at radius 2 is 2.18 bits per heavy atom. The SMILES string of the molecule is C=Cc1cccc(CCO[Si](C)(CC)OC)c1. The predicted molar refractivity (Wildman–Crippen MR) is 75.3 cm³/mol. The highest BCUT2D eigenvalue weighted by Gasteiger charge is 2.26. The van der Waals surface area contributed by atoms with Crippen molar-refractivity contribution in [1.82, 2.24) is 0 Å². The van der Waals surface area contributed by atoms with Gasteiger partial charge in [-0.05, 0) is 30.1 Å². The molecule has 0 aliphatic heterocycles. The minimum absolute atomic E-state index is 0.727. The van der Waals surface area contributed by atoms with E-state index in [-0.39, 0.29) is 0 Å². The highest BCUT2D eigenvalue weighted by atomic mass is 28.4. The molecule has 0 amide bonds. The topological polar surface area (TPSA) is 18.5 Å². The van der Waals surface area contributed by atoms with Crippen molar-refractivity contribution in [1.29, 1.82) is 0 Å². The molecule has 0 heterocycles. The van der Waals surface area contributed by atoms with Gasteiger partial charge in [0.25, 0.3) is 0 Å². The molecule has 0 bridgehead atoms. The van der Waals surface area contributed by atoms with Gasteiger partial charge < -0.3 is 8.85 Å². The zero-order chi connectivity index (χ0) is 12.7. The summed E-state index contributed by atoms with van der Waals surface area (Å²) in [6, 6.07) is 9.36. The van der Waals surface area contributed by atoms with Crippen molar-refractivity contribution in [3.05, 3.63) is 42.0 Å². The van der Waals surface area contributed by atoms with Crippen molar-refractivity contribution in [3.8, 4) is 0 Å². The lowest BCUT2D eigenvalue weighted by molar-refractivity contribution is 0.208. The Morgan fingerprint density at radius 3 is 2.76 bits per heavy atom. The second-order valence-electron chi connectivity index (χ2n) is 4.24. The molecule has 0 aliphatic carbocycles. The minimum atomic E-state index is -1.89. The number of benzene rings is 1. The fraction of sp³-hybridized carbons (Fsp3) is 0.429. The van der Waals surface area contributed by atoms with Crippen LogP contribution in [0.4, 0.5) is 0 Å². The third-order valence-electron chi connectivity index (χ3n) is 3.06.